The highest BCUT2D eigenvalue weighted by Gasteiger charge is 2.33. The zero-order valence-corrected chi connectivity index (χ0v) is 11.8. The van der Waals surface area contributed by atoms with Crippen molar-refractivity contribution in [2.75, 3.05) is 13.6 Å². The number of thiophene rings is 1. The fourth-order valence-electron chi connectivity index (χ4n) is 2.37. The standard InChI is InChI=1S/C13H18N4OS/c1-17(11(6-14)9-2-3-9)7-12-15-13(16-18-12)10-4-5-19-8-10/h4-5,8-9,11H,2-3,6-7,14H2,1H3. The molecule has 3 rings (SSSR count). The van der Waals surface area contributed by atoms with Crippen molar-refractivity contribution in [3.05, 3.63) is 22.7 Å². The van der Waals surface area contributed by atoms with Gasteiger partial charge in [0.2, 0.25) is 11.7 Å². The summed E-state index contributed by atoms with van der Waals surface area (Å²) in [4.78, 5) is 6.66. The summed E-state index contributed by atoms with van der Waals surface area (Å²) in [5, 5.41) is 8.05. The minimum Gasteiger partial charge on any atom is -0.338 e. The lowest BCUT2D eigenvalue weighted by Crippen LogP contribution is -2.39. The number of hydrogen-bond acceptors (Lipinski definition) is 6. The van der Waals surface area contributed by atoms with E-state index >= 15 is 0 Å². The van der Waals surface area contributed by atoms with Crippen LogP contribution in [0.3, 0.4) is 0 Å². The lowest BCUT2D eigenvalue weighted by molar-refractivity contribution is 0.189. The average molecular weight is 278 g/mol. The van der Waals surface area contributed by atoms with E-state index in [1.165, 1.54) is 12.8 Å². The van der Waals surface area contributed by atoms with Gasteiger partial charge in [-0.05, 0) is 37.3 Å². The third-order valence-electron chi connectivity index (χ3n) is 3.61. The van der Waals surface area contributed by atoms with Gasteiger partial charge in [0, 0.05) is 23.5 Å². The van der Waals surface area contributed by atoms with Crippen LogP contribution in [0.1, 0.15) is 18.7 Å². The van der Waals surface area contributed by atoms with Crippen molar-refractivity contribution in [3.8, 4) is 11.4 Å². The number of nitrogens with two attached hydrogens (primary N) is 1. The van der Waals surface area contributed by atoms with Crippen LogP contribution in [0.2, 0.25) is 0 Å². The number of likely N-dealkylation sites (N-methyl/N-ethyl adjacent to an activating group) is 1. The van der Waals surface area contributed by atoms with Gasteiger partial charge < -0.3 is 10.3 Å². The van der Waals surface area contributed by atoms with Crippen molar-refractivity contribution < 1.29 is 4.52 Å². The summed E-state index contributed by atoms with van der Waals surface area (Å²) in [6, 6.07) is 2.42. The Balaban J connectivity index is 1.66. The van der Waals surface area contributed by atoms with Crippen LogP contribution >= 0.6 is 11.3 Å². The molecule has 0 aromatic carbocycles. The van der Waals surface area contributed by atoms with Crippen LogP contribution in [0.5, 0.6) is 0 Å². The van der Waals surface area contributed by atoms with E-state index in [0.29, 0.717) is 30.8 Å². The van der Waals surface area contributed by atoms with E-state index in [0.717, 1.165) is 11.5 Å². The van der Waals surface area contributed by atoms with E-state index in [1.54, 1.807) is 11.3 Å². The van der Waals surface area contributed by atoms with Gasteiger partial charge in [-0.2, -0.15) is 16.3 Å². The maximum atomic E-state index is 5.84. The molecule has 2 heterocycles. The molecule has 0 radical (unpaired) electrons. The van der Waals surface area contributed by atoms with E-state index in [2.05, 4.69) is 22.1 Å². The normalized spacial score (nSPS) is 17.0. The molecule has 0 aliphatic heterocycles. The first-order chi connectivity index (χ1) is 9.28. The van der Waals surface area contributed by atoms with Gasteiger partial charge in [0.1, 0.15) is 0 Å². The Labute approximate surface area is 116 Å². The summed E-state index contributed by atoms with van der Waals surface area (Å²) >= 11 is 1.63. The SMILES string of the molecule is CN(Cc1nc(-c2ccsc2)no1)C(CN)C1CC1. The molecule has 0 saturated heterocycles. The van der Waals surface area contributed by atoms with E-state index in [1.807, 2.05) is 16.8 Å². The minimum absolute atomic E-state index is 0.427. The highest BCUT2D eigenvalue weighted by Crippen LogP contribution is 2.34. The van der Waals surface area contributed by atoms with Crippen molar-refractivity contribution in [1.29, 1.82) is 0 Å². The molecule has 1 fully saturated rings. The van der Waals surface area contributed by atoms with Crippen molar-refractivity contribution in [3.63, 3.8) is 0 Å². The predicted molar refractivity (Wildman–Crippen MR) is 74.6 cm³/mol. The molecule has 2 aromatic rings. The molecule has 5 nitrogen and oxygen atoms in total. The third kappa shape index (κ3) is 2.86. The summed E-state index contributed by atoms with van der Waals surface area (Å²) in [7, 11) is 2.07. The molecule has 6 heteroatoms. The topological polar surface area (TPSA) is 68.2 Å². The van der Waals surface area contributed by atoms with Crippen LogP contribution in [0, 0.1) is 5.92 Å². The van der Waals surface area contributed by atoms with E-state index in [9.17, 15) is 0 Å². The Hall–Kier alpha value is -1.24. The molecule has 19 heavy (non-hydrogen) atoms. The maximum absolute atomic E-state index is 5.84. The number of hydrogen-bond donors (Lipinski definition) is 1. The zero-order chi connectivity index (χ0) is 13.2. The first-order valence-electron chi connectivity index (χ1n) is 6.53. The van der Waals surface area contributed by atoms with E-state index in [-0.39, 0.29) is 0 Å². The molecule has 1 atom stereocenters. The summed E-state index contributed by atoms with van der Waals surface area (Å²) < 4.78 is 5.31. The highest BCUT2D eigenvalue weighted by atomic mass is 32.1. The molecule has 102 valence electrons. The molecule has 0 amide bonds. The fourth-order valence-corrected chi connectivity index (χ4v) is 3.01. The van der Waals surface area contributed by atoms with Crippen LogP contribution in [0.25, 0.3) is 11.4 Å². The predicted octanol–water partition coefficient (Wildman–Crippen LogP) is 1.97. The van der Waals surface area contributed by atoms with Crippen LogP contribution in [-0.2, 0) is 6.54 Å². The molecular formula is C13H18N4OS. The number of aromatic nitrogens is 2. The second-order valence-corrected chi connectivity index (χ2v) is 5.86. The second kappa shape index (κ2) is 5.40. The first kappa shape index (κ1) is 12.8. The van der Waals surface area contributed by atoms with Crippen molar-refractivity contribution in [1.82, 2.24) is 15.0 Å². The number of rotatable bonds is 6. The smallest absolute Gasteiger partial charge is 0.241 e. The van der Waals surface area contributed by atoms with Gasteiger partial charge in [-0.15, -0.1) is 0 Å². The molecule has 1 saturated carbocycles. The van der Waals surface area contributed by atoms with Gasteiger partial charge in [0.05, 0.1) is 6.54 Å². The Morgan fingerprint density at radius 3 is 3.05 bits per heavy atom. The summed E-state index contributed by atoms with van der Waals surface area (Å²) in [6.07, 6.45) is 2.58. The van der Waals surface area contributed by atoms with Crippen molar-refractivity contribution in [2.24, 2.45) is 11.7 Å². The second-order valence-electron chi connectivity index (χ2n) is 5.08. The Bertz CT molecular complexity index is 520. The average Bonchev–Trinajstić information content (AvgIpc) is 2.93. The molecule has 1 aliphatic rings. The first-order valence-corrected chi connectivity index (χ1v) is 7.47. The lowest BCUT2D eigenvalue weighted by atomic mass is 10.1. The lowest BCUT2D eigenvalue weighted by Gasteiger charge is -2.25. The summed E-state index contributed by atoms with van der Waals surface area (Å²) in [6.45, 7) is 1.35. The quantitative estimate of drug-likeness (QED) is 0.875. The summed E-state index contributed by atoms with van der Waals surface area (Å²) in [5.74, 6) is 2.07. The molecule has 2 aromatic heterocycles. The fraction of sp³-hybridized carbons (Fsp3) is 0.538. The van der Waals surface area contributed by atoms with Crippen molar-refractivity contribution in [2.45, 2.75) is 25.4 Å². The molecule has 0 bridgehead atoms. The number of nitrogens with zero attached hydrogens (tertiary/aromatic N) is 3. The maximum Gasteiger partial charge on any atom is 0.241 e. The van der Waals surface area contributed by atoms with Gasteiger partial charge in [0.25, 0.3) is 0 Å². The highest BCUT2D eigenvalue weighted by molar-refractivity contribution is 7.08. The Morgan fingerprint density at radius 1 is 1.58 bits per heavy atom. The van der Waals surface area contributed by atoms with Crippen LogP contribution < -0.4 is 5.73 Å². The van der Waals surface area contributed by atoms with Crippen LogP contribution in [0.15, 0.2) is 21.3 Å². The third-order valence-corrected chi connectivity index (χ3v) is 4.29. The molecule has 1 aliphatic carbocycles. The molecule has 1 unspecified atom stereocenters. The largest absolute Gasteiger partial charge is 0.338 e. The molecule has 2 N–H and O–H groups in total. The van der Waals surface area contributed by atoms with Gasteiger partial charge in [-0.25, -0.2) is 0 Å². The van der Waals surface area contributed by atoms with Crippen LogP contribution in [-0.4, -0.2) is 34.7 Å². The van der Waals surface area contributed by atoms with Gasteiger partial charge >= 0.3 is 0 Å². The van der Waals surface area contributed by atoms with Gasteiger partial charge in [-0.1, -0.05) is 5.16 Å². The van der Waals surface area contributed by atoms with Gasteiger partial charge in [0.15, 0.2) is 0 Å². The van der Waals surface area contributed by atoms with E-state index in [4.69, 9.17) is 10.3 Å². The minimum atomic E-state index is 0.427. The van der Waals surface area contributed by atoms with E-state index < -0.39 is 0 Å². The van der Waals surface area contributed by atoms with Crippen molar-refractivity contribution >= 4 is 11.3 Å². The Kier molecular flexibility index (Phi) is 3.63. The summed E-state index contributed by atoms with van der Waals surface area (Å²) in [5.41, 5.74) is 6.86. The molecule has 0 spiro atoms. The van der Waals surface area contributed by atoms with Gasteiger partial charge in [-0.3, -0.25) is 4.90 Å². The molecular weight excluding hydrogens is 260 g/mol. The Morgan fingerprint density at radius 2 is 2.42 bits per heavy atom. The zero-order valence-electron chi connectivity index (χ0n) is 11.0. The monoisotopic (exact) mass is 278 g/mol. The van der Waals surface area contributed by atoms with Crippen LogP contribution in [0.4, 0.5) is 0 Å².